The molecule has 186 valence electrons. The fourth-order valence-electron chi connectivity index (χ4n) is 3.83. The van der Waals surface area contributed by atoms with Gasteiger partial charge < -0.3 is 9.64 Å². The maximum absolute atomic E-state index is 13.0. The number of rotatable bonds is 6. The zero-order chi connectivity index (χ0) is 26.0. The molecule has 4 rings (SSSR count). The first-order valence-electron chi connectivity index (χ1n) is 10.8. The number of amides is 1. The Balaban J connectivity index is 1.54. The molecule has 0 saturated heterocycles. The molecule has 0 bridgehead atoms. The average Bonchev–Trinajstić information content (AvgIpc) is 3.27. The fourth-order valence-corrected chi connectivity index (χ4v) is 4.85. The lowest BCUT2D eigenvalue weighted by molar-refractivity contribution is -0.388. The van der Waals surface area contributed by atoms with E-state index in [-0.39, 0.29) is 15.4 Å². The van der Waals surface area contributed by atoms with Crippen LogP contribution < -0.4 is 4.90 Å². The van der Waals surface area contributed by atoms with Crippen LogP contribution in [0.1, 0.15) is 28.4 Å². The summed E-state index contributed by atoms with van der Waals surface area (Å²) in [6.45, 7) is 1.92. The van der Waals surface area contributed by atoms with Gasteiger partial charge in [-0.15, -0.1) is 0 Å². The van der Waals surface area contributed by atoms with Gasteiger partial charge in [-0.3, -0.25) is 14.9 Å². The average molecular weight is 516 g/mol. The predicted molar refractivity (Wildman–Crippen MR) is 126 cm³/mol. The molecule has 3 aromatic carbocycles. The minimum atomic E-state index is -4.74. The molecule has 36 heavy (non-hydrogen) atoms. The molecule has 0 saturated carbocycles. The van der Waals surface area contributed by atoms with Gasteiger partial charge in [-0.25, -0.2) is 4.79 Å². The van der Waals surface area contributed by atoms with Crippen molar-refractivity contribution in [3.8, 4) is 0 Å². The molecule has 0 unspecified atom stereocenters. The van der Waals surface area contributed by atoms with Crippen LogP contribution in [0, 0.1) is 10.1 Å². The van der Waals surface area contributed by atoms with Crippen LogP contribution in [0.15, 0.2) is 76.5 Å². The number of esters is 1. The van der Waals surface area contributed by atoms with E-state index < -0.39 is 40.3 Å². The number of nitro benzene ring substituents is 1. The number of alkyl halides is 3. The Labute approximate surface area is 208 Å². The van der Waals surface area contributed by atoms with Gasteiger partial charge in [0.2, 0.25) is 0 Å². The summed E-state index contributed by atoms with van der Waals surface area (Å²) in [6, 6.07) is 15.7. The first kappa shape index (κ1) is 25.2. The second-order valence-electron chi connectivity index (χ2n) is 7.95. The van der Waals surface area contributed by atoms with Crippen molar-refractivity contribution in [1.29, 1.82) is 0 Å². The summed E-state index contributed by atoms with van der Waals surface area (Å²) >= 11 is 0.763. The minimum absolute atomic E-state index is 0.0261. The van der Waals surface area contributed by atoms with E-state index in [0.29, 0.717) is 19.0 Å². The second kappa shape index (κ2) is 10.0. The molecule has 7 nitrogen and oxygen atoms in total. The third kappa shape index (κ3) is 5.20. The normalized spacial score (nSPS) is 13.7. The summed E-state index contributed by atoms with van der Waals surface area (Å²) in [5.41, 5.74) is -0.0882. The zero-order valence-electron chi connectivity index (χ0n) is 18.8. The maximum atomic E-state index is 13.0. The molecule has 1 atom stereocenters. The summed E-state index contributed by atoms with van der Waals surface area (Å²) in [6.07, 6.45) is -5.16. The highest BCUT2D eigenvalue weighted by Crippen LogP contribution is 2.40. The van der Waals surface area contributed by atoms with E-state index in [1.54, 1.807) is 17.0 Å². The minimum Gasteiger partial charge on any atom is -0.449 e. The highest BCUT2D eigenvalue weighted by Gasteiger charge is 2.34. The van der Waals surface area contributed by atoms with Gasteiger partial charge in [-0.05, 0) is 49.2 Å². The molecule has 0 fully saturated rings. The van der Waals surface area contributed by atoms with Crippen LogP contribution >= 0.6 is 11.8 Å². The van der Waals surface area contributed by atoms with Crippen molar-refractivity contribution in [3.05, 3.63) is 93.5 Å². The summed E-state index contributed by atoms with van der Waals surface area (Å²) in [7, 11) is 0. The second-order valence-corrected chi connectivity index (χ2v) is 9.04. The van der Waals surface area contributed by atoms with Crippen LogP contribution in [-0.2, 0) is 22.1 Å². The lowest BCUT2D eigenvalue weighted by atomic mass is 10.2. The van der Waals surface area contributed by atoms with Crippen LogP contribution in [0.2, 0.25) is 0 Å². The van der Waals surface area contributed by atoms with Crippen molar-refractivity contribution >= 4 is 35.0 Å². The number of halogens is 3. The molecule has 0 N–H and O–H groups in total. The van der Waals surface area contributed by atoms with Crippen molar-refractivity contribution in [1.82, 2.24) is 0 Å². The van der Waals surface area contributed by atoms with Crippen molar-refractivity contribution in [3.63, 3.8) is 0 Å². The van der Waals surface area contributed by atoms with E-state index in [1.165, 1.54) is 19.1 Å². The number of carbonyl (C=O) groups is 2. The Bertz CT molecular complexity index is 1350. The number of carbonyl (C=O) groups excluding carboxylic acids is 2. The number of hydrogen-bond donors (Lipinski definition) is 0. The molecule has 1 heterocycles. The van der Waals surface area contributed by atoms with Crippen molar-refractivity contribution in [2.45, 2.75) is 35.4 Å². The monoisotopic (exact) mass is 516 g/mol. The standard InChI is InChI=1S/C25H19F3N2O5S/c1-15(23(31)29-13-12-16-6-2-4-8-19(16)29)35-24(32)18-7-3-5-9-21(18)36-22-11-10-17(25(26,27)28)14-20(22)30(33)34/h2-11,14-15H,12-13H2,1H3/t15-/m1/s1. The van der Waals surface area contributed by atoms with E-state index in [4.69, 9.17) is 4.74 Å². The number of hydrogen-bond acceptors (Lipinski definition) is 6. The van der Waals surface area contributed by atoms with Crippen molar-refractivity contribution < 1.29 is 32.4 Å². The highest BCUT2D eigenvalue weighted by molar-refractivity contribution is 7.99. The Kier molecular flexibility index (Phi) is 7.02. The molecule has 3 aromatic rings. The number of fused-ring (bicyclic) bond motifs is 1. The summed E-state index contributed by atoms with van der Waals surface area (Å²) in [4.78, 5) is 38.1. The van der Waals surface area contributed by atoms with Gasteiger partial charge >= 0.3 is 12.1 Å². The van der Waals surface area contributed by atoms with Crippen LogP contribution in [0.3, 0.4) is 0 Å². The number of benzene rings is 3. The van der Waals surface area contributed by atoms with Gasteiger partial charge in [0.05, 0.1) is 20.9 Å². The Morgan fingerprint density at radius 2 is 1.75 bits per heavy atom. The number of ether oxygens (including phenoxy) is 1. The van der Waals surface area contributed by atoms with Gasteiger partial charge in [0.25, 0.3) is 11.6 Å². The first-order chi connectivity index (χ1) is 17.1. The third-order valence-corrected chi connectivity index (χ3v) is 6.74. The fraction of sp³-hybridized carbons (Fsp3) is 0.200. The molecule has 0 spiro atoms. The summed E-state index contributed by atoms with van der Waals surface area (Å²) in [5, 5.41) is 11.4. The summed E-state index contributed by atoms with van der Waals surface area (Å²) in [5.74, 6) is -1.22. The third-order valence-electron chi connectivity index (χ3n) is 5.59. The number of nitro groups is 1. The molecule has 1 aliphatic heterocycles. The molecule has 0 aromatic heterocycles. The SMILES string of the molecule is C[C@@H](OC(=O)c1ccccc1Sc1ccc(C(F)(F)F)cc1[N+](=O)[O-])C(=O)N1CCc2ccccc21. The molecular weight excluding hydrogens is 497 g/mol. The molecule has 0 aliphatic carbocycles. The Hall–Kier alpha value is -3.86. The summed E-state index contributed by atoms with van der Waals surface area (Å²) < 4.78 is 44.5. The zero-order valence-corrected chi connectivity index (χ0v) is 19.6. The van der Waals surface area contributed by atoms with E-state index in [0.717, 1.165) is 35.1 Å². The van der Waals surface area contributed by atoms with Crippen molar-refractivity contribution in [2.75, 3.05) is 11.4 Å². The van der Waals surface area contributed by atoms with Gasteiger partial charge in [0, 0.05) is 23.2 Å². The number of para-hydroxylation sites is 1. The Morgan fingerprint density at radius 1 is 1.06 bits per heavy atom. The topological polar surface area (TPSA) is 89.7 Å². The molecule has 1 aliphatic rings. The molecule has 11 heteroatoms. The number of nitrogens with zero attached hydrogens (tertiary/aromatic N) is 2. The smallest absolute Gasteiger partial charge is 0.416 e. The van der Waals surface area contributed by atoms with Gasteiger partial charge in [-0.2, -0.15) is 13.2 Å². The lowest BCUT2D eigenvalue weighted by Crippen LogP contribution is -2.39. The Morgan fingerprint density at radius 3 is 2.47 bits per heavy atom. The quantitative estimate of drug-likeness (QED) is 0.230. The first-order valence-corrected chi connectivity index (χ1v) is 11.6. The molecule has 0 radical (unpaired) electrons. The van der Waals surface area contributed by atoms with Gasteiger partial charge in [-0.1, -0.05) is 42.1 Å². The van der Waals surface area contributed by atoms with Crippen LogP contribution in [0.4, 0.5) is 24.5 Å². The largest absolute Gasteiger partial charge is 0.449 e. The maximum Gasteiger partial charge on any atom is 0.416 e. The number of anilines is 1. The van der Waals surface area contributed by atoms with E-state index in [9.17, 15) is 32.9 Å². The van der Waals surface area contributed by atoms with Crippen LogP contribution in [0.5, 0.6) is 0 Å². The molecule has 1 amide bonds. The van der Waals surface area contributed by atoms with E-state index in [2.05, 4.69) is 0 Å². The van der Waals surface area contributed by atoms with Gasteiger partial charge in [0.1, 0.15) is 0 Å². The van der Waals surface area contributed by atoms with Crippen LogP contribution in [-0.4, -0.2) is 29.4 Å². The highest BCUT2D eigenvalue weighted by atomic mass is 32.2. The lowest BCUT2D eigenvalue weighted by Gasteiger charge is -2.22. The van der Waals surface area contributed by atoms with E-state index in [1.807, 2.05) is 24.3 Å². The van der Waals surface area contributed by atoms with Crippen LogP contribution in [0.25, 0.3) is 0 Å². The predicted octanol–water partition coefficient (Wildman–Crippen LogP) is 5.90. The van der Waals surface area contributed by atoms with E-state index >= 15 is 0 Å². The van der Waals surface area contributed by atoms with Crippen molar-refractivity contribution in [2.24, 2.45) is 0 Å². The molecular formula is C25H19F3N2O5S. The van der Waals surface area contributed by atoms with Gasteiger partial charge in [0.15, 0.2) is 6.10 Å².